The van der Waals surface area contributed by atoms with Gasteiger partial charge < -0.3 is 4.74 Å². The zero-order valence-electron chi connectivity index (χ0n) is 10.9. The smallest absolute Gasteiger partial charge is 0.238 e. The predicted molar refractivity (Wildman–Crippen MR) is 77.7 cm³/mol. The fourth-order valence-electron chi connectivity index (χ4n) is 2.11. The number of rotatable bonds is 3. The van der Waals surface area contributed by atoms with Gasteiger partial charge in [0.15, 0.2) is 0 Å². The molecule has 1 saturated heterocycles. The van der Waals surface area contributed by atoms with Gasteiger partial charge in [-0.25, -0.2) is 4.98 Å². The zero-order valence-corrected chi connectivity index (χ0v) is 11.7. The van der Waals surface area contributed by atoms with Crippen LogP contribution < -0.4 is 9.64 Å². The Balaban J connectivity index is 1.94. The number of carbonyl (C=O) groups is 1. The van der Waals surface area contributed by atoms with Crippen molar-refractivity contribution in [2.45, 2.75) is 5.37 Å². The number of aromatic nitrogens is 2. The Morgan fingerprint density at radius 3 is 2.90 bits per heavy atom. The molecule has 0 saturated carbocycles. The molecule has 0 N–H and O–H groups in total. The molecule has 1 amide bonds. The Labute approximate surface area is 121 Å². The first kappa shape index (κ1) is 12.9. The summed E-state index contributed by atoms with van der Waals surface area (Å²) in [5, 5.41) is -0.0496. The fourth-order valence-corrected chi connectivity index (χ4v) is 3.27. The van der Waals surface area contributed by atoms with Crippen LogP contribution in [0.2, 0.25) is 0 Å². The molecule has 0 aromatic carbocycles. The number of amides is 1. The quantitative estimate of drug-likeness (QED) is 0.866. The highest BCUT2D eigenvalue weighted by atomic mass is 32.2. The second-order valence-corrected chi connectivity index (χ2v) is 5.34. The maximum Gasteiger partial charge on any atom is 0.238 e. The van der Waals surface area contributed by atoms with Crippen molar-refractivity contribution in [2.75, 3.05) is 17.8 Å². The lowest BCUT2D eigenvalue weighted by molar-refractivity contribution is -0.115. The second-order valence-electron chi connectivity index (χ2n) is 4.27. The first-order valence-electron chi connectivity index (χ1n) is 6.13. The minimum Gasteiger partial charge on any atom is -0.481 e. The standard InChI is InChI=1S/C14H13N3O2S/c1-19-12-5-4-11(8-16-12)17-13(18)9-20-14(17)10-3-2-6-15-7-10/h2-8,14H,9H2,1H3. The van der Waals surface area contributed by atoms with Crippen molar-refractivity contribution in [3.63, 3.8) is 0 Å². The molecule has 2 aromatic rings. The number of pyridine rings is 2. The van der Waals surface area contributed by atoms with E-state index in [0.717, 1.165) is 11.3 Å². The minimum absolute atomic E-state index is 0.0496. The van der Waals surface area contributed by atoms with Crippen LogP contribution in [0.5, 0.6) is 5.88 Å². The number of anilines is 1. The fraction of sp³-hybridized carbons (Fsp3) is 0.214. The molecule has 3 rings (SSSR count). The summed E-state index contributed by atoms with van der Waals surface area (Å²) in [6, 6.07) is 7.46. The molecule has 2 aromatic heterocycles. The summed E-state index contributed by atoms with van der Waals surface area (Å²) in [6.45, 7) is 0. The third kappa shape index (κ3) is 2.34. The van der Waals surface area contributed by atoms with Gasteiger partial charge in [-0.3, -0.25) is 14.7 Å². The molecule has 3 heterocycles. The normalized spacial score (nSPS) is 18.4. The van der Waals surface area contributed by atoms with Gasteiger partial charge in [0, 0.05) is 24.0 Å². The lowest BCUT2D eigenvalue weighted by Crippen LogP contribution is -2.27. The Morgan fingerprint density at radius 1 is 1.35 bits per heavy atom. The first-order valence-corrected chi connectivity index (χ1v) is 7.18. The van der Waals surface area contributed by atoms with E-state index in [1.54, 1.807) is 48.4 Å². The summed E-state index contributed by atoms with van der Waals surface area (Å²) in [7, 11) is 1.57. The number of carbonyl (C=O) groups excluding carboxylic acids is 1. The molecule has 1 aliphatic heterocycles. The van der Waals surface area contributed by atoms with E-state index in [4.69, 9.17) is 4.74 Å². The largest absolute Gasteiger partial charge is 0.481 e. The van der Waals surface area contributed by atoms with Gasteiger partial charge in [-0.15, -0.1) is 11.8 Å². The number of thioether (sulfide) groups is 1. The van der Waals surface area contributed by atoms with E-state index in [0.29, 0.717) is 11.6 Å². The van der Waals surface area contributed by atoms with Crippen molar-refractivity contribution in [1.82, 2.24) is 9.97 Å². The summed E-state index contributed by atoms with van der Waals surface area (Å²) in [4.78, 5) is 22.2. The monoisotopic (exact) mass is 287 g/mol. The third-order valence-corrected chi connectivity index (χ3v) is 4.26. The average Bonchev–Trinajstić information content (AvgIpc) is 2.90. The van der Waals surface area contributed by atoms with Gasteiger partial charge in [0.05, 0.1) is 24.7 Å². The minimum atomic E-state index is -0.0496. The molecular formula is C14H13N3O2S. The molecule has 0 spiro atoms. The van der Waals surface area contributed by atoms with Crippen LogP contribution in [0.4, 0.5) is 5.69 Å². The maximum atomic E-state index is 12.1. The average molecular weight is 287 g/mol. The van der Waals surface area contributed by atoms with Crippen molar-refractivity contribution in [3.05, 3.63) is 48.4 Å². The molecule has 1 aliphatic rings. The van der Waals surface area contributed by atoms with E-state index in [1.807, 2.05) is 18.2 Å². The van der Waals surface area contributed by atoms with E-state index in [-0.39, 0.29) is 11.3 Å². The molecule has 102 valence electrons. The van der Waals surface area contributed by atoms with Crippen LogP contribution >= 0.6 is 11.8 Å². The number of methoxy groups -OCH3 is 1. The van der Waals surface area contributed by atoms with Crippen LogP contribution in [0.25, 0.3) is 0 Å². The van der Waals surface area contributed by atoms with Gasteiger partial charge in [0.25, 0.3) is 0 Å². The molecule has 1 atom stereocenters. The van der Waals surface area contributed by atoms with E-state index in [1.165, 1.54) is 0 Å². The van der Waals surface area contributed by atoms with Crippen molar-refractivity contribution >= 4 is 23.4 Å². The molecule has 1 fully saturated rings. The van der Waals surface area contributed by atoms with Crippen LogP contribution in [0, 0.1) is 0 Å². The lowest BCUT2D eigenvalue weighted by atomic mass is 10.2. The molecular weight excluding hydrogens is 274 g/mol. The SMILES string of the molecule is COc1ccc(N2C(=O)CSC2c2cccnc2)cn1. The summed E-state index contributed by atoms with van der Waals surface area (Å²) in [5.41, 5.74) is 1.79. The number of nitrogens with zero attached hydrogens (tertiary/aromatic N) is 3. The molecule has 0 radical (unpaired) electrons. The van der Waals surface area contributed by atoms with Crippen LogP contribution in [-0.2, 0) is 4.79 Å². The number of ether oxygens (including phenoxy) is 1. The summed E-state index contributed by atoms with van der Waals surface area (Å²) in [6.07, 6.45) is 5.18. The highest BCUT2D eigenvalue weighted by Gasteiger charge is 2.34. The van der Waals surface area contributed by atoms with Gasteiger partial charge in [0.1, 0.15) is 5.37 Å². The first-order chi connectivity index (χ1) is 9.79. The van der Waals surface area contributed by atoms with Gasteiger partial charge in [-0.2, -0.15) is 0 Å². The number of hydrogen-bond acceptors (Lipinski definition) is 5. The third-order valence-electron chi connectivity index (χ3n) is 3.05. The second kappa shape index (κ2) is 5.50. The molecule has 1 unspecified atom stereocenters. The van der Waals surface area contributed by atoms with E-state index in [2.05, 4.69) is 9.97 Å². The summed E-state index contributed by atoms with van der Waals surface area (Å²) < 4.78 is 5.04. The van der Waals surface area contributed by atoms with Crippen LogP contribution in [0.3, 0.4) is 0 Å². The highest BCUT2D eigenvalue weighted by Crippen LogP contribution is 2.41. The van der Waals surface area contributed by atoms with Gasteiger partial charge in [-0.05, 0) is 12.1 Å². The lowest BCUT2D eigenvalue weighted by Gasteiger charge is -2.23. The van der Waals surface area contributed by atoms with Crippen molar-refractivity contribution < 1.29 is 9.53 Å². The number of hydrogen-bond donors (Lipinski definition) is 0. The molecule has 0 bridgehead atoms. The van der Waals surface area contributed by atoms with Crippen LogP contribution in [0.1, 0.15) is 10.9 Å². The Kier molecular flexibility index (Phi) is 3.56. The van der Waals surface area contributed by atoms with E-state index < -0.39 is 0 Å². The van der Waals surface area contributed by atoms with Crippen LogP contribution in [-0.4, -0.2) is 28.7 Å². The van der Waals surface area contributed by atoms with Gasteiger partial charge in [-0.1, -0.05) is 6.07 Å². The summed E-state index contributed by atoms with van der Waals surface area (Å²) >= 11 is 1.59. The molecule has 5 nitrogen and oxygen atoms in total. The zero-order chi connectivity index (χ0) is 13.9. The Bertz CT molecular complexity index is 604. The summed E-state index contributed by atoms with van der Waals surface area (Å²) in [5.74, 6) is 1.08. The molecule has 0 aliphatic carbocycles. The highest BCUT2D eigenvalue weighted by molar-refractivity contribution is 8.00. The topological polar surface area (TPSA) is 55.3 Å². The van der Waals surface area contributed by atoms with Crippen molar-refractivity contribution in [3.8, 4) is 5.88 Å². The van der Waals surface area contributed by atoms with Gasteiger partial charge >= 0.3 is 0 Å². The Morgan fingerprint density at radius 2 is 2.25 bits per heavy atom. The van der Waals surface area contributed by atoms with Gasteiger partial charge in [0.2, 0.25) is 11.8 Å². The molecule has 20 heavy (non-hydrogen) atoms. The van der Waals surface area contributed by atoms with E-state index in [9.17, 15) is 4.79 Å². The Hall–Kier alpha value is -2.08. The maximum absolute atomic E-state index is 12.1. The predicted octanol–water partition coefficient (Wildman–Crippen LogP) is 2.26. The van der Waals surface area contributed by atoms with E-state index >= 15 is 0 Å². The molecule has 6 heteroatoms. The van der Waals surface area contributed by atoms with Crippen molar-refractivity contribution in [1.29, 1.82) is 0 Å². The van der Waals surface area contributed by atoms with Crippen LogP contribution in [0.15, 0.2) is 42.9 Å². The van der Waals surface area contributed by atoms with Crippen molar-refractivity contribution in [2.24, 2.45) is 0 Å².